The van der Waals surface area contributed by atoms with Gasteiger partial charge in [-0.15, -0.1) is 12.4 Å². The lowest BCUT2D eigenvalue weighted by atomic mass is 9.88. The number of amides is 1. The highest BCUT2D eigenvalue weighted by Crippen LogP contribution is 2.29. The van der Waals surface area contributed by atoms with Crippen LogP contribution < -0.4 is 10.6 Å². The van der Waals surface area contributed by atoms with Crippen molar-refractivity contribution in [3.8, 4) is 0 Å². The van der Waals surface area contributed by atoms with Gasteiger partial charge in [-0.1, -0.05) is 24.3 Å². The summed E-state index contributed by atoms with van der Waals surface area (Å²) in [5.74, 6) is 0.950. The molecule has 0 aliphatic heterocycles. The van der Waals surface area contributed by atoms with Crippen LogP contribution in [0.25, 0.3) is 0 Å². The lowest BCUT2D eigenvalue weighted by Crippen LogP contribution is -2.38. The van der Waals surface area contributed by atoms with E-state index in [0.717, 1.165) is 31.7 Å². The third-order valence-electron chi connectivity index (χ3n) is 4.12. The number of fused-ring (bicyclic) bond motifs is 1. The normalized spacial score (nSPS) is 20.7. The third-order valence-corrected chi connectivity index (χ3v) is 4.12. The molecule has 2 aliphatic carbocycles. The van der Waals surface area contributed by atoms with Gasteiger partial charge in [0.1, 0.15) is 0 Å². The fourth-order valence-corrected chi connectivity index (χ4v) is 2.86. The maximum absolute atomic E-state index is 11.9. The minimum absolute atomic E-state index is 0. The minimum atomic E-state index is 0. The summed E-state index contributed by atoms with van der Waals surface area (Å²) in [7, 11) is 0. The number of hydrogen-bond donors (Lipinski definition) is 2. The maximum atomic E-state index is 11.9. The molecule has 4 heteroatoms. The number of rotatable bonds is 5. The van der Waals surface area contributed by atoms with E-state index in [1.807, 2.05) is 0 Å². The summed E-state index contributed by atoms with van der Waals surface area (Å²) >= 11 is 0. The Morgan fingerprint density at radius 3 is 2.80 bits per heavy atom. The van der Waals surface area contributed by atoms with Gasteiger partial charge in [0.2, 0.25) is 5.91 Å². The van der Waals surface area contributed by atoms with Gasteiger partial charge in [0, 0.05) is 0 Å². The van der Waals surface area contributed by atoms with Crippen LogP contribution in [0.1, 0.15) is 42.9 Å². The Kier molecular flexibility index (Phi) is 5.44. The second kappa shape index (κ2) is 7.09. The van der Waals surface area contributed by atoms with Crippen LogP contribution in [0, 0.1) is 5.92 Å². The number of carbonyl (C=O) groups excluding carboxylic acids is 1. The van der Waals surface area contributed by atoms with E-state index in [-0.39, 0.29) is 24.4 Å². The van der Waals surface area contributed by atoms with Gasteiger partial charge < -0.3 is 10.6 Å². The SMILES string of the molecule is Cl.O=C(CNCC1CC1)NC1CCCc2ccccc21. The fourth-order valence-electron chi connectivity index (χ4n) is 2.86. The van der Waals surface area contributed by atoms with Gasteiger partial charge in [0.25, 0.3) is 0 Å². The first-order valence-corrected chi connectivity index (χ1v) is 7.41. The summed E-state index contributed by atoms with van der Waals surface area (Å²) in [6.07, 6.45) is 6.01. The molecule has 110 valence electrons. The number of hydrogen-bond acceptors (Lipinski definition) is 2. The standard InChI is InChI=1S/C16H22N2O.ClH/c19-16(11-17-10-12-8-9-12)18-15-7-3-5-13-4-1-2-6-14(13)15;/h1-2,4,6,12,15,17H,3,5,7-11H2,(H,18,19);1H. The van der Waals surface area contributed by atoms with E-state index in [4.69, 9.17) is 0 Å². The lowest BCUT2D eigenvalue weighted by molar-refractivity contribution is -0.121. The number of nitrogens with one attached hydrogen (secondary N) is 2. The molecule has 1 aromatic carbocycles. The van der Waals surface area contributed by atoms with Crippen LogP contribution >= 0.6 is 12.4 Å². The molecule has 1 amide bonds. The highest BCUT2D eigenvalue weighted by Gasteiger charge is 2.22. The molecule has 0 saturated heterocycles. The number of benzene rings is 1. The molecular weight excluding hydrogens is 272 g/mol. The van der Waals surface area contributed by atoms with E-state index in [9.17, 15) is 4.79 Å². The van der Waals surface area contributed by atoms with Gasteiger partial charge in [0.05, 0.1) is 12.6 Å². The van der Waals surface area contributed by atoms with Gasteiger partial charge in [-0.3, -0.25) is 4.79 Å². The molecule has 20 heavy (non-hydrogen) atoms. The van der Waals surface area contributed by atoms with Crippen LogP contribution in [0.5, 0.6) is 0 Å². The third kappa shape index (κ3) is 3.97. The van der Waals surface area contributed by atoms with Crippen LogP contribution in [0.2, 0.25) is 0 Å². The summed E-state index contributed by atoms with van der Waals surface area (Å²) in [6.45, 7) is 1.45. The smallest absolute Gasteiger partial charge is 0.234 e. The van der Waals surface area contributed by atoms with Crippen molar-refractivity contribution in [2.24, 2.45) is 5.92 Å². The highest BCUT2D eigenvalue weighted by molar-refractivity contribution is 5.85. The lowest BCUT2D eigenvalue weighted by Gasteiger charge is -2.26. The minimum Gasteiger partial charge on any atom is -0.348 e. The molecule has 2 aliphatic rings. The first-order chi connectivity index (χ1) is 9.33. The van der Waals surface area contributed by atoms with E-state index in [1.54, 1.807) is 0 Å². The molecule has 1 fully saturated rings. The summed E-state index contributed by atoms with van der Waals surface area (Å²) in [4.78, 5) is 11.9. The Morgan fingerprint density at radius 1 is 1.20 bits per heavy atom. The van der Waals surface area contributed by atoms with E-state index < -0.39 is 0 Å². The van der Waals surface area contributed by atoms with Crippen molar-refractivity contribution in [1.29, 1.82) is 0 Å². The average molecular weight is 295 g/mol. The molecule has 3 rings (SSSR count). The zero-order valence-electron chi connectivity index (χ0n) is 11.7. The van der Waals surface area contributed by atoms with Crippen LogP contribution in [0.15, 0.2) is 24.3 Å². The number of halogens is 1. The van der Waals surface area contributed by atoms with Gasteiger partial charge in [-0.05, 0) is 55.7 Å². The van der Waals surface area contributed by atoms with Gasteiger partial charge in [-0.25, -0.2) is 0 Å². The van der Waals surface area contributed by atoms with E-state index in [2.05, 4.69) is 34.9 Å². The predicted octanol–water partition coefficient (Wildman–Crippen LogP) is 2.60. The van der Waals surface area contributed by atoms with Crippen molar-refractivity contribution in [3.63, 3.8) is 0 Å². The second-order valence-corrected chi connectivity index (χ2v) is 5.79. The summed E-state index contributed by atoms with van der Waals surface area (Å²) in [5.41, 5.74) is 2.70. The van der Waals surface area contributed by atoms with E-state index in [0.29, 0.717) is 6.54 Å². The molecule has 0 radical (unpaired) electrons. The van der Waals surface area contributed by atoms with Crippen molar-refractivity contribution in [3.05, 3.63) is 35.4 Å². The Bertz CT molecular complexity index is 460. The Morgan fingerprint density at radius 2 is 2.00 bits per heavy atom. The zero-order valence-corrected chi connectivity index (χ0v) is 12.5. The second-order valence-electron chi connectivity index (χ2n) is 5.79. The monoisotopic (exact) mass is 294 g/mol. The van der Waals surface area contributed by atoms with Crippen LogP contribution in [-0.4, -0.2) is 19.0 Å². The van der Waals surface area contributed by atoms with Crippen molar-refractivity contribution in [1.82, 2.24) is 10.6 Å². The van der Waals surface area contributed by atoms with Crippen molar-refractivity contribution in [2.75, 3.05) is 13.1 Å². The number of aryl methyl sites for hydroxylation is 1. The molecule has 1 atom stereocenters. The first kappa shape index (κ1) is 15.3. The molecular formula is C16H23ClN2O. The predicted molar refractivity (Wildman–Crippen MR) is 83.1 cm³/mol. The van der Waals surface area contributed by atoms with Crippen LogP contribution in [0.4, 0.5) is 0 Å². The van der Waals surface area contributed by atoms with Gasteiger partial charge in [0.15, 0.2) is 0 Å². The molecule has 1 saturated carbocycles. The van der Waals surface area contributed by atoms with Crippen molar-refractivity contribution in [2.45, 2.75) is 38.1 Å². The van der Waals surface area contributed by atoms with Gasteiger partial charge in [-0.2, -0.15) is 0 Å². The summed E-state index contributed by atoms with van der Waals surface area (Å²) in [5, 5.41) is 6.42. The summed E-state index contributed by atoms with van der Waals surface area (Å²) in [6, 6.07) is 8.69. The Labute approximate surface area is 126 Å². The summed E-state index contributed by atoms with van der Waals surface area (Å²) < 4.78 is 0. The molecule has 3 nitrogen and oxygen atoms in total. The molecule has 2 N–H and O–H groups in total. The molecule has 0 heterocycles. The van der Waals surface area contributed by atoms with Gasteiger partial charge >= 0.3 is 0 Å². The molecule has 1 aromatic rings. The first-order valence-electron chi connectivity index (χ1n) is 7.41. The van der Waals surface area contributed by atoms with Crippen molar-refractivity contribution >= 4 is 18.3 Å². The largest absolute Gasteiger partial charge is 0.348 e. The molecule has 0 bridgehead atoms. The van der Waals surface area contributed by atoms with E-state index >= 15 is 0 Å². The topological polar surface area (TPSA) is 41.1 Å². The number of carbonyl (C=O) groups is 1. The zero-order chi connectivity index (χ0) is 13.1. The van der Waals surface area contributed by atoms with Crippen LogP contribution in [-0.2, 0) is 11.2 Å². The Hall–Kier alpha value is -1.06. The Balaban J connectivity index is 0.00000147. The fraction of sp³-hybridized carbons (Fsp3) is 0.562. The van der Waals surface area contributed by atoms with E-state index in [1.165, 1.54) is 24.0 Å². The van der Waals surface area contributed by atoms with Crippen LogP contribution in [0.3, 0.4) is 0 Å². The molecule has 1 unspecified atom stereocenters. The average Bonchev–Trinajstić information content (AvgIpc) is 3.23. The maximum Gasteiger partial charge on any atom is 0.234 e. The highest BCUT2D eigenvalue weighted by atomic mass is 35.5. The van der Waals surface area contributed by atoms with Crippen molar-refractivity contribution < 1.29 is 4.79 Å². The molecule has 0 spiro atoms. The molecule has 0 aromatic heterocycles. The quantitative estimate of drug-likeness (QED) is 0.876.